The SMILES string of the molecule is CCOC(=O)/C=C/C(=O)Nc1ccc(S(=O)(=O)Nc2ccc(F)cc2)cc1. The predicted octanol–water partition coefficient (Wildman–Crippen LogP) is 2.68. The van der Waals surface area contributed by atoms with Crippen LogP contribution in [0.4, 0.5) is 15.8 Å². The van der Waals surface area contributed by atoms with Crippen molar-refractivity contribution in [2.45, 2.75) is 11.8 Å². The number of esters is 1. The zero-order valence-corrected chi connectivity index (χ0v) is 15.1. The van der Waals surface area contributed by atoms with E-state index in [1.165, 1.54) is 36.4 Å². The van der Waals surface area contributed by atoms with Crippen molar-refractivity contribution in [2.24, 2.45) is 0 Å². The second-order valence-corrected chi connectivity index (χ2v) is 6.89. The number of carbonyl (C=O) groups excluding carboxylic acids is 2. The molecule has 0 aliphatic carbocycles. The zero-order valence-electron chi connectivity index (χ0n) is 14.3. The molecule has 2 aromatic rings. The summed E-state index contributed by atoms with van der Waals surface area (Å²) in [6.45, 7) is 1.85. The van der Waals surface area contributed by atoms with E-state index in [9.17, 15) is 22.4 Å². The molecule has 0 bridgehead atoms. The third-order valence-corrected chi connectivity index (χ3v) is 4.58. The van der Waals surface area contributed by atoms with Gasteiger partial charge in [-0.25, -0.2) is 17.6 Å². The Morgan fingerprint density at radius 1 is 1.00 bits per heavy atom. The molecule has 0 aromatic heterocycles. The van der Waals surface area contributed by atoms with Crippen molar-refractivity contribution in [1.29, 1.82) is 0 Å². The van der Waals surface area contributed by atoms with Crippen LogP contribution in [0.3, 0.4) is 0 Å². The minimum atomic E-state index is -3.86. The Hall–Kier alpha value is -3.20. The number of rotatable bonds is 7. The summed E-state index contributed by atoms with van der Waals surface area (Å²) < 4.78 is 44.5. The van der Waals surface area contributed by atoms with Crippen LogP contribution in [0.1, 0.15) is 6.92 Å². The van der Waals surface area contributed by atoms with Gasteiger partial charge in [0.05, 0.1) is 11.5 Å². The van der Waals surface area contributed by atoms with Crippen LogP contribution in [0.25, 0.3) is 0 Å². The molecule has 1 amide bonds. The molecule has 0 aliphatic rings. The van der Waals surface area contributed by atoms with Gasteiger partial charge in [0.1, 0.15) is 5.82 Å². The smallest absolute Gasteiger partial charge is 0.330 e. The van der Waals surface area contributed by atoms with Gasteiger partial charge in [-0.05, 0) is 55.5 Å². The van der Waals surface area contributed by atoms with E-state index in [2.05, 4.69) is 14.8 Å². The van der Waals surface area contributed by atoms with Gasteiger partial charge in [-0.3, -0.25) is 9.52 Å². The first-order valence-corrected chi connectivity index (χ1v) is 9.33. The highest BCUT2D eigenvalue weighted by atomic mass is 32.2. The summed E-state index contributed by atoms with van der Waals surface area (Å²) in [5, 5.41) is 2.48. The van der Waals surface area contributed by atoms with Gasteiger partial charge in [-0.1, -0.05) is 0 Å². The molecular weight excluding hydrogens is 375 g/mol. The minimum Gasteiger partial charge on any atom is -0.463 e. The first-order valence-electron chi connectivity index (χ1n) is 7.84. The third kappa shape index (κ3) is 6.23. The van der Waals surface area contributed by atoms with Crippen LogP contribution >= 0.6 is 0 Å². The third-order valence-electron chi connectivity index (χ3n) is 3.19. The lowest BCUT2D eigenvalue weighted by Gasteiger charge is -2.09. The molecule has 0 unspecified atom stereocenters. The molecule has 0 spiro atoms. The maximum absolute atomic E-state index is 12.9. The van der Waals surface area contributed by atoms with Crippen LogP contribution in [0.5, 0.6) is 0 Å². The van der Waals surface area contributed by atoms with Crippen LogP contribution in [-0.4, -0.2) is 26.9 Å². The van der Waals surface area contributed by atoms with Crippen molar-refractivity contribution in [2.75, 3.05) is 16.6 Å². The van der Waals surface area contributed by atoms with Crippen LogP contribution in [0, 0.1) is 5.82 Å². The molecular formula is C18H17FN2O5S. The number of carbonyl (C=O) groups is 2. The Balaban J connectivity index is 2.02. The van der Waals surface area contributed by atoms with E-state index in [1.807, 2.05) is 0 Å². The normalized spacial score (nSPS) is 11.2. The molecule has 9 heteroatoms. The standard InChI is InChI=1S/C18H17FN2O5S/c1-2-26-18(23)12-11-17(22)20-14-7-9-16(10-8-14)27(24,25)21-15-5-3-13(19)4-6-15/h3-12,21H,2H2,1H3,(H,20,22)/b12-11+. The van der Waals surface area contributed by atoms with E-state index in [0.717, 1.165) is 24.3 Å². The topological polar surface area (TPSA) is 102 Å². The quantitative estimate of drug-likeness (QED) is 0.557. The molecule has 0 atom stereocenters. The highest BCUT2D eigenvalue weighted by Gasteiger charge is 2.14. The van der Waals surface area contributed by atoms with E-state index >= 15 is 0 Å². The number of hydrogen-bond acceptors (Lipinski definition) is 5. The number of benzene rings is 2. The van der Waals surface area contributed by atoms with E-state index in [4.69, 9.17) is 0 Å². The second-order valence-electron chi connectivity index (χ2n) is 5.21. The zero-order chi connectivity index (χ0) is 19.9. The lowest BCUT2D eigenvalue weighted by molar-refractivity contribution is -0.137. The molecule has 0 aliphatic heterocycles. The Morgan fingerprint density at radius 3 is 2.19 bits per heavy atom. The first-order chi connectivity index (χ1) is 12.8. The number of sulfonamides is 1. The molecule has 2 N–H and O–H groups in total. The maximum Gasteiger partial charge on any atom is 0.330 e. The molecule has 0 saturated carbocycles. The summed E-state index contributed by atoms with van der Waals surface area (Å²) in [5.74, 6) is -1.68. The van der Waals surface area contributed by atoms with Crippen molar-refractivity contribution < 1.29 is 27.1 Å². The minimum absolute atomic E-state index is 0.0353. The Labute approximate surface area is 155 Å². The fourth-order valence-electron chi connectivity index (χ4n) is 1.97. The van der Waals surface area contributed by atoms with Gasteiger partial charge in [-0.2, -0.15) is 0 Å². The molecule has 0 heterocycles. The first kappa shape index (κ1) is 20.1. The molecule has 0 saturated heterocycles. The number of hydrogen-bond donors (Lipinski definition) is 2. The van der Waals surface area contributed by atoms with Crippen molar-refractivity contribution in [3.05, 3.63) is 66.5 Å². The van der Waals surface area contributed by atoms with Crippen LogP contribution in [-0.2, 0) is 24.3 Å². The van der Waals surface area contributed by atoms with E-state index in [1.54, 1.807) is 6.92 Å². The lowest BCUT2D eigenvalue weighted by atomic mass is 10.3. The molecule has 27 heavy (non-hydrogen) atoms. The summed E-state index contributed by atoms with van der Waals surface area (Å²) in [5.41, 5.74) is 0.562. The molecule has 2 aromatic carbocycles. The Bertz CT molecular complexity index is 939. The Morgan fingerprint density at radius 2 is 1.59 bits per heavy atom. The van der Waals surface area contributed by atoms with E-state index in [-0.39, 0.29) is 17.2 Å². The fourth-order valence-corrected chi connectivity index (χ4v) is 3.03. The fraction of sp³-hybridized carbons (Fsp3) is 0.111. The van der Waals surface area contributed by atoms with Crippen LogP contribution in [0.2, 0.25) is 0 Å². The van der Waals surface area contributed by atoms with Crippen molar-refractivity contribution in [3.8, 4) is 0 Å². The van der Waals surface area contributed by atoms with E-state index < -0.39 is 27.7 Å². The van der Waals surface area contributed by atoms with Gasteiger partial charge < -0.3 is 10.1 Å². The van der Waals surface area contributed by atoms with Gasteiger partial charge >= 0.3 is 5.97 Å². The van der Waals surface area contributed by atoms with Gasteiger partial charge in [0, 0.05) is 23.5 Å². The summed E-state index contributed by atoms with van der Waals surface area (Å²) in [7, 11) is -3.86. The second kappa shape index (κ2) is 8.95. The van der Waals surface area contributed by atoms with Crippen LogP contribution in [0.15, 0.2) is 65.6 Å². The number of anilines is 2. The monoisotopic (exact) mass is 392 g/mol. The average Bonchev–Trinajstić information content (AvgIpc) is 2.62. The van der Waals surface area contributed by atoms with Gasteiger partial charge in [0.15, 0.2) is 0 Å². The highest BCUT2D eigenvalue weighted by molar-refractivity contribution is 7.92. The summed E-state index contributed by atoms with van der Waals surface area (Å²) in [6, 6.07) is 10.3. The number of halogens is 1. The van der Waals surface area contributed by atoms with Gasteiger partial charge in [-0.15, -0.1) is 0 Å². The summed E-state index contributed by atoms with van der Waals surface area (Å²) >= 11 is 0. The van der Waals surface area contributed by atoms with Crippen molar-refractivity contribution in [3.63, 3.8) is 0 Å². The van der Waals surface area contributed by atoms with Gasteiger partial charge in [0.2, 0.25) is 5.91 Å². The molecule has 2 rings (SSSR count). The van der Waals surface area contributed by atoms with E-state index in [0.29, 0.717) is 5.69 Å². The number of ether oxygens (including phenoxy) is 1. The van der Waals surface area contributed by atoms with Crippen molar-refractivity contribution in [1.82, 2.24) is 0 Å². The molecule has 142 valence electrons. The number of nitrogens with one attached hydrogen (secondary N) is 2. The number of amides is 1. The average molecular weight is 392 g/mol. The summed E-state index contributed by atoms with van der Waals surface area (Å²) in [4.78, 5) is 22.8. The predicted molar refractivity (Wildman–Crippen MR) is 98.1 cm³/mol. The highest BCUT2D eigenvalue weighted by Crippen LogP contribution is 2.18. The summed E-state index contributed by atoms with van der Waals surface area (Å²) in [6.07, 6.45) is 2.00. The Kier molecular flexibility index (Phi) is 6.67. The van der Waals surface area contributed by atoms with Crippen LogP contribution < -0.4 is 10.0 Å². The maximum atomic E-state index is 12.9. The van der Waals surface area contributed by atoms with Gasteiger partial charge in [0.25, 0.3) is 10.0 Å². The lowest BCUT2D eigenvalue weighted by Crippen LogP contribution is -2.13. The van der Waals surface area contributed by atoms with Crippen molar-refractivity contribution >= 4 is 33.3 Å². The molecule has 7 nitrogen and oxygen atoms in total. The largest absolute Gasteiger partial charge is 0.463 e. The molecule has 0 fully saturated rings. The molecule has 0 radical (unpaired) electrons.